The molecule has 0 aliphatic carbocycles. The van der Waals surface area contributed by atoms with Crippen molar-refractivity contribution in [2.75, 3.05) is 13.2 Å². The number of nitrogens with zero attached hydrogens (tertiary/aromatic N) is 2. The molecule has 0 amide bonds. The van der Waals surface area contributed by atoms with E-state index < -0.39 is 5.09 Å². The van der Waals surface area contributed by atoms with Gasteiger partial charge in [0.05, 0.1) is 19.3 Å². The SMILES string of the molecule is NC1COC(c2cccnc2)OC1.O=[N+]([O-])O. The molecule has 8 nitrogen and oxygen atoms in total. The largest absolute Gasteiger partial charge is 0.347 e. The van der Waals surface area contributed by atoms with Gasteiger partial charge >= 0.3 is 0 Å². The Morgan fingerprint density at radius 2 is 2.12 bits per heavy atom. The van der Waals surface area contributed by atoms with Crippen LogP contribution in [0.1, 0.15) is 11.9 Å². The molecule has 0 unspecified atom stereocenters. The van der Waals surface area contributed by atoms with Crippen LogP contribution in [0.2, 0.25) is 0 Å². The number of aromatic nitrogens is 1. The summed E-state index contributed by atoms with van der Waals surface area (Å²) in [6, 6.07) is 3.78. The summed E-state index contributed by atoms with van der Waals surface area (Å²) in [7, 11) is 0. The predicted octanol–water partition coefficient (Wildman–Crippen LogP) is 0.107. The molecule has 0 spiro atoms. The van der Waals surface area contributed by atoms with Crippen LogP contribution < -0.4 is 5.73 Å². The minimum Gasteiger partial charge on any atom is -0.347 e. The molecule has 0 radical (unpaired) electrons. The average molecular weight is 243 g/mol. The van der Waals surface area contributed by atoms with Gasteiger partial charge in [-0.2, -0.15) is 0 Å². The highest BCUT2D eigenvalue weighted by molar-refractivity contribution is 5.10. The van der Waals surface area contributed by atoms with Crippen LogP contribution in [0.4, 0.5) is 0 Å². The molecular weight excluding hydrogens is 230 g/mol. The van der Waals surface area contributed by atoms with Gasteiger partial charge in [0.1, 0.15) is 0 Å². The Kier molecular flexibility index (Phi) is 5.27. The fraction of sp³-hybridized carbons (Fsp3) is 0.444. The summed E-state index contributed by atoms with van der Waals surface area (Å²) >= 11 is 0. The van der Waals surface area contributed by atoms with Gasteiger partial charge in [0.25, 0.3) is 5.09 Å². The fourth-order valence-electron chi connectivity index (χ4n) is 1.23. The number of hydrogen-bond acceptors (Lipinski definition) is 6. The lowest BCUT2D eigenvalue weighted by Gasteiger charge is -2.27. The molecule has 1 aromatic heterocycles. The van der Waals surface area contributed by atoms with Crippen molar-refractivity contribution in [2.45, 2.75) is 12.3 Å². The second-order valence-corrected chi connectivity index (χ2v) is 3.28. The zero-order chi connectivity index (χ0) is 12.7. The Hall–Kier alpha value is -1.77. The maximum atomic E-state index is 8.36. The van der Waals surface area contributed by atoms with E-state index in [0.29, 0.717) is 13.2 Å². The van der Waals surface area contributed by atoms with E-state index >= 15 is 0 Å². The maximum absolute atomic E-state index is 8.36. The van der Waals surface area contributed by atoms with E-state index in [0.717, 1.165) is 5.56 Å². The number of hydrogen-bond donors (Lipinski definition) is 2. The van der Waals surface area contributed by atoms with Gasteiger partial charge in [-0.3, -0.25) is 4.98 Å². The molecule has 94 valence electrons. The van der Waals surface area contributed by atoms with E-state index in [9.17, 15) is 0 Å². The number of ether oxygens (including phenoxy) is 2. The third-order valence-corrected chi connectivity index (χ3v) is 1.88. The normalized spacial score (nSPS) is 23.4. The van der Waals surface area contributed by atoms with Gasteiger partial charge in [-0.15, -0.1) is 10.1 Å². The van der Waals surface area contributed by atoms with Gasteiger partial charge in [0.15, 0.2) is 6.29 Å². The zero-order valence-corrected chi connectivity index (χ0v) is 8.93. The Labute approximate surface area is 97.1 Å². The average Bonchev–Trinajstić information content (AvgIpc) is 2.30. The van der Waals surface area contributed by atoms with E-state index in [1.807, 2.05) is 12.1 Å². The van der Waals surface area contributed by atoms with Crippen molar-refractivity contribution in [1.29, 1.82) is 0 Å². The Balaban J connectivity index is 0.000000317. The van der Waals surface area contributed by atoms with Crippen molar-refractivity contribution >= 4 is 0 Å². The molecule has 0 saturated carbocycles. The first-order valence-corrected chi connectivity index (χ1v) is 4.81. The van der Waals surface area contributed by atoms with E-state index in [1.165, 1.54) is 0 Å². The minimum absolute atomic E-state index is 0.00655. The topological polar surface area (TPSA) is 121 Å². The van der Waals surface area contributed by atoms with Crippen LogP contribution >= 0.6 is 0 Å². The Bertz CT molecular complexity index is 336. The zero-order valence-electron chi connectivity index (χ0n) is 8.93. The highest BCUT2D eigenvalue weighted by Crippen LogP contribution is 2.20. The van der Waals surface area contributed by atoms with Crippen molar-refractivity contribution in [1.82, 2.24) is 4.98 Å². The molecule has 0 atom stereocenters. The summed E-state index contributed by atoms with van der Waals surface area (Å²) in [5.41, 5.74) is 6.55. The lowest BCUT2D eigenvalue weighted by Crippen LogP contribution is -2.37. The first-order valence-electron chi connectivity index (χ1n) is 4.81. The van der Waals surface area contributed by atoms with E-state index in [-0.39, 0.29) is 12.3 Å². The molecule has 3 N–H and O–H groups in total. The van der Waals surface area contributed by atoms with Crippen molar-refractivity contribution in [3.05, 3.63) is 40.2 Å². The van der Waals surface area contributed by atoms with Gasteiger partial charge in [0, 0.05) is 18.0 Å². The third-order valence-electron chi connectivity index (χ3n) is 1.88. The summed E-state index contributed by atoms with van der Waals surface area (Å²) in [5.74, 6) is 0. The van der Waals surface area contributed by atoms with Gasteiger partial charge in [0.2, 0.25) is 0 Å². The molecular formula is C9H13N3O5. The van der Waals surface area contributed by atoms with Crippen molar-refractivity contribution < 1.29 is 19.8 Å². The molecule has 0 bridgehead atoms. The van der Waals surface area contributed by atoms with Crippen molar-refractivity contribution in [3.8, 4) is 0 Å². The van der Waals surface area contributed by atoms with Crippen LogP contribution in [0.3, 0.4) is 0 Å². The molecule has 1 aliphatic rings. The fourth-order valence-corrected chi connectivity index (χ4v) is 1.23. The van der Waals surface area contributed by atoms with Crippen LogP contribution in [0.25, 0.3) is 0 Å². The third kappa shape index (κ3) is 5.20. The Morgan fingerprint density at radius 1 is 1.53 bits per heavy atom. The maximum Gasteiger partial charge on any atom is 0.291 e. The van der Waals surface area contributed by atoms with Crippen molar-refractivity contribution in [3.63, 3.8) is 0 Å². The van der Waals surface area contributed by atoms with E-state index in [1.54, 1.807) is 12.4 Å². The minimum atomic E-state index is -1.50. The highest BCUT2D eigenvalue weighted by atomic mass is 16.9. The van der Waals surface area contributed by atoms with Crippen LogP contribution in [0.5, 0.6) is 0 Å². The molecule has 2 rings (SSSR count). The summed E-state index contributed by atoms with van der Waals surface area (Å²) in [5, 5.41) is 13.6. The van der Waals surface area contributed by atoms with Crippen LogP contribution in [-0.4, -0.2) is 34.5 Å². The Morgan fingerprint density at radius 3 is 2.59 bits per heavy atom. The van der Waals surface area contributed by atoms with Gasteiger partial charge in [-0.1, -0.05) is 6.07 Å². The molecule has 1 aliphatic heterocycles. The summed E-state index contributed by atoms with van der Waals surface area (Å²) in [4.78, 5) is 12.3. The molecule has 1 fully saturated rings. The lowest BCUT2D eigenvalue weighted by atomic mass is 10.2. The van der Waals surface area contributed by atoms with Gasteiger partial charge in [-0.05, 0) is 6.07 Å². The molecule has 1 saturated heterocycles. The van der Waals surface area contributed by atoms with Crippen LogP contribution in [-0.2, 0) is 9.47 Å². The van der Waals surface area contributed by atoms with Crippen LogP contribution in [0.15, 0.2) is 24.5 Å². The first-order chi connectivity index (χ1) is 8.09. The molecule has 8 heteroatoms. The first kappa shape index (κ1) is 13.3. The molecule has 1 aromatic rings. The smallest absolute Gasteiger partial charge is 0.291 e. The predicted molar refractivity (Wildman–Crippen MR) is 55.6 cm³/mol. The molecule has 2 heterocycles. The monoisotopic (exact) mass is 243 g/mol. The standard InChI is InChI=1S/C9H12N2O2.HNO3/c10-8-5-12-9(13-6-8)7-2-1-3-11-4-7;2-1(3)4/h1-4,8-9H,5-6,10H2;(H,2,3,4). The summed E-state index contributed by atoms with van der Waals surface area (Å²) < 4.78 is 10.8. The number of pyridine rings is 1. The molecule has 0 aromatic carbocycles. The van der Waals surface area contributed by atoms with Gasteiger partial charge < -0.3 is 20.4 Å². The quantitative estimate of drug-likeness (QED) is 0.530. The lowest BCUT2D eigenvalue weighted by molar-refractivity contribution is -0.742. The van der Waals surface area contributed by atoms with Gasteiger partial charge in [-0.25, -0.2) is 0 Å². The number of rotatable bonds is 1. The van der Waals surface area contributed by atoms with Crippen molar-refractivity contribution in [2.24, 2.45) is 5.73 Å². The highest BCUT2D eigenvalue weighted by Gasteiger charge is 2.20. The summed E-state index contributed by atoms with van der Waals surface area (Å²) in [6.07, 6.45) is 3.16. The second-order valence-electron chi connectivity index (χ2n) is 3.28. The second kappa shape index (κ2) is 6.74. The summed E-state index contributed by atoms with van der Waals surface area (Å²) in [6.45, 7) is 1.08. The van der Waals surface area contributed by atoms with E-state index in [2.05, 4.69) is 4.98 Å². The van der Waals surface area contributed by atoms with E-state index in [4.69, 9.17) is 30.5 Å². The molecule has 17 heavy (non-hydrogen) atoms. The number of nitrogens with two attached hydrogens (primary N) is 1. The van der Waals surface area contributed by atoms with Crippen LogP contribution in [0, 0.1) is 10.1 Å².